The Morgan fingerprint density at radius 1 is 1.11 bits per heavy atom. The fourth-order valence-electron chi connectivity index (χ4n) is 2.08. The van der Waals surface area contributed by atoms with E-state index in [1.54, 1.807) is 0 Å². The van der Waals surface area contributed by atoms with E-state index in [0.29, 0.717) is 5.75 Å². The number of phenols is 1. The molecule has 27 heavy (non-hydrogen) atoms. The third-order valence-electron chi connectivity index (χ3n) is 3.56. The number of hydrogen-bond donors (Lipinski definition) is 2. The number of rotatable bonds is 5. The summed E-state index contributed by atoms with van der Waals surface area (Å²) in [7, 11) is 1.39. The average molecular weight is 383 g/mol. The van der Waals surface area contributed by atoms with Crippen LogP contribution in [-0.2, 0) is 15.7 Å². The number of carbonyl (C=O) groups excluding carboxylic acids is 2. The molecule has 2 aromatic rings. The summed E-state index contributed by atoms with van der Waals surface area (Å²) in [6, 6.07) is 7.74. The second-order valence-electron chi connectivity index (χ2n) is 5.49. The normalized spacial score (nSPS) is 12.2. The highest BCUT2D eigenvalue weighted by molar-refractivity contribution is 5.98. The molecule has 9 heteroatoms. The van der Waals surface area contributed by atoms with Gasteiger partial charge in [-0.1, -0.05) is 0 Å². The summed E-state index contributed by atoms with van der Waals surface area (Å²) in [4.78, 5) is 24.1. The molecule has 0 fully saturated rings. The van der Waals surface area contributed by atoms with Gasteiger partial charge in [0.2, 0.25) is 0 Å². The molecule has 1 unspecified atom stereocenters. The van der Waals surface area contributed by atoms with Crippen LogP contribution in [0.5, 0.6) is 11.5 Å². The zero-order valence-corrected chi connectivity index (χ0v) is 14.3. The van der Waals surface area contributed by atoms with E-state index in [0.717, 1.165) is 24.3 Å². The molecule has 2 N–H and O–H groups in total. The summed E-state index contributed by atoms with van der Waals surface area (Å²) in [5, 5.41) is 12.1. The number of alkyl halides is 3. The fourth-order valence-corrected chi connectivity index (χ4v) is 2.08. The van der Waals surface area contributed by atoms with Gasteiger partial charge >= 0.3 is 12.1 Å². The third kappa shape index (κ3) is 5.13. The molecule has 1 atom stereocenters. The summed E-state index contributed by atoms with van der Waals surface area (Å²) < 4.78 is 47.4. The number of hydrogen-bond acceptors (Lipinski definition) is 5. The van der Waals surface area contributed by atoms with Gasteiger partial charge < -0.3 is 19.9 Å². The van der Waals surface area contributed by atoms with Crippen molar-refractivity contribution in [2.45, 2.75) is 19.2 Å². The Balaban J connectivity index is 2.00. The molecular weight excluding hydrogens is 367 g/mol. The van der Waals surface area contributed by atoms with Crippen LogP contribution < -0.4 is 10.1 Å². The SMILES string of the molecule is COc1ccc(C(=O)OC(C)C(=O)Nc2ccc(C(F)(F)F)cc2)c(O)c1. The minimum Gasteiger partial charge on any atom is -0.507 e. The van der Waals surface area contributed by atoms with Crippen molar-refractivity contribution in [1.82, 2.24) is 0 Å². The fraction of sp³-hybridized carbons (Fsp3) is 0.222. The molecule has 0 saturated heterocycles. The predicted octanol–water partition coefficient (Wildman–Crippen LogP) is 3.60. The largest absolute Gasteiger partial charge is 0.507 e. The van der Waals surface area contributed by atoms with Crippen LogP contribution in [0.3, 0.4) is 0 Å². The molecule has 1 amide bonds. The average Bonchev–Trinajstić information content (AvgIpc) is 2.60. The smallest absolute Gasteiger partial charge is 0.416 e. The van der Waals surface area contributed by atoms with E-state index >= 15 is 0 Å². The lowest BCUT2D eigenvalue weighted by Crippen LogP contribution is -2.30. The second kappa shape index (κ2) is 7.98. The minimum atomic E-state index is -4.48. The van der Waals surface area contributed by atoms with Gasteiger partial charge in [0.25, 0.3) is 5.91 Å². The minimum absolute atomic E-state index is 0.114. The van der Waals surface area contributed by atoms with E-state index in [1.165, 1.54) is 32.2 Å². The Morgan fingerprint density at radius 2 is 1.74 bits per heavy atom. The summed E-state index contributed by atoms with van der Waals surface area (Å²) in [6.07, 6.45) is -5.73. The van der Waals surface area contributed by atoms with Crippen molar-refractivity contribution >= 4 is 17.6 Å². The number of carbonyl (C=O) groups is 2. The Labute approximate surface area is 152 Å². The van der Waals surface area contributed by atoms with Gasteiger partial charge in [-0.15, -0.1) is 0 Å². The van der Waals surface area contributed by atoms with Gasteiger partial charge in [-0.2, -0.15) is 13.2 Å². The lowest BCUT2D eigenvalue weighted by molar-refractivity contribution is -0.137. The number of amides is 1. The van der Waals surface area contributed by atoms with Crippen molar-refractivity contribution in [3.8, 4) is 11.5 Å². The maximum atomic E-state index is 12.5. The zero-order valence-electron chi connectivity index (χ0n) is 14.3. The van der Waals surface area contributed by atoms with E-state index in [2.05, 4.69) is 5.32 Å². The van der Waals surface area contributed by atoms with Gasteiger partial charge in [0.1, 0.15) is 17.1 Å². The number of aromatic hydroxyl groups is 1. The van der Waals surface area contributed by atoms with Crippen LogP contribution in [0.4, 0.5) is 18.9 Å². The van der Waals surface area contributed by atoms with Crippen molar-refractivity contribution < 1.29 is 37.3 Å². The topological polar surface area (TPSA) is 84.9 Å². The van der Waals surface area contributed by atoms with Crippen molar-refractivity contribution in [3.05, 3.63) is 53.6 Å². The number of ether oxygens (including phenoxy) is 2. The quantitative estimate of drug-likeness (QED) is 0.771. The van der Waals surface area contributed by atoms with Gasteiger partial charge in [0.05, 0.1) is 12.7 Å². The summed E-state index contributed by atoms with van der Waals surface area (Å²) >= 11 is 0. The molecule has 2 rings (SSSR count). The Kier molecular flexibility index (Phi) is 5.94. The molecular formula is C18H16F3NO5. The van der Waals surface area contributed by atoms with E-state index in [1.807, 2.05) is 0 Å². The van der Waals surface area contributed by atoms with Crippen molar-refractivity contribution in [2.24, 2.45) is 0 Å². The lowest BCUT2D eigenvalue weighted by atomic mass is 10.2. The number of methoxy groups -OCH3 is 1. The molecule has 6 nitrogen and oxygen atoms in total. The highest BCUT2D eigenvalue weighted by Gasteiger charge is 2.30. The molecule has 0 aliphatic carbocycles. The number of halogens is 3. The summed E-state index contributed by atoms with van der Waals surface area (Å²) in [5.41, 5.74) is -0.900. The summed E-state index contributed by atoms with van der Waals surface area (Å²) in [5.74, 6) is -1.73. The van der Waals surface area contributed by atoms with Crippen LogP contribution in [0.25, 0.3) is 0 Å². The number of esters is 1. The first kappa shape index (κ1) is 20.1. The molecule has 0 heterocycles. The predicted molar refractivity (Wildman–Crippen MR) is 89.6 cm³/mol. The van der Waals surface area contributed by atoms with Gasteiger partial charge in [-0.05, 0) is 43.3 Å². The van der Waals surface area contributed by atoms with Crippen molar-refractivity contribution in [2.75, 3.05) is 12.4 Å². The van der Waals surface area contributed by atoms with Crippen LogP contribution in [0.1, 0.15) is 22.8 Å². The molecule has 0 saturated carbocycles. The van der Waals surface area contributed by atoms with Crippen molar-refractivity contribution in [3.63, 3.8) is 0 Å². The van der Waals surface area contributed by atoms with Gasteiger partial charge in [0, 0.05) is 11.8 Å². The van der Waals surface area contributed by atoms with Crippen LogP contribution in [-0.4, -0.2) is 30.2 Å². The molecule has 0 spiro atoms. The Hall–Kier alpha value is -3.23. The zero-order chi connectivity index (χ0) is 20.2. The molecule has 0 radical (unpaired) electrons. The first-order chi connectivity index (χ1) is 12.6. The van der Waals surface area contributed by atoms with Crippen LogP contribution >= 0.6 is 0 Å². The summed E-state index contributed by atoms with van der Waals surface area (Å²) in [6.45, 7) is 1.29. The highest BCUT2D eigenvalue weighted by atomic mass is 19.4. The van der Waals surface area contributed by atoms with E-state index in [-0.39, 0.29) is 17.0 Å². The van der Waals surface area contributed by atoms with Crippen LogP contribution in [0.15, 0.2) is 42.5 Å². The highest BCUT2D eigenvalue weighted by Crippen LogP contribution is 2.30. The standard InChI is InChI=1S/C18H16F3NO5/c1-10(27-17(25)14-8-7-13(26-2)9-15(14)23)16(24)22-12-5-3-11(4-6-12)18(19,20)21/h3-10,23H,1-2H3,(H,22,24). The maximum absolute atomic E-state index is 12.5. The Bertz CT molecular complexity index is 834. The molecule has 0 aliphatic rings. The first-order valence-corrected chi connectivity index (χ1v) is 7.68. The first-order valence-electron chi connectivity index (χ1n) is 7.68. The van der Waals surface area contributed by atoms with Crippen LogP contribution in [0.2, 0.25) is 0 Å². The third-order valence-corrected chi connectivity index (χ3v) is 3.56. The Morgan fingerprint density at radius 3 is 2.26 bits per heavy atom. The number of anilines is 1. The van der Waals surface area contributed by atoms with E-state index in [9.17, 15) is 27.9 Å². The lowest BCUT2D eigenvalue weighted by Gasteiger charge is -2.15. The molecule has 0 aliphatic heterocycles. The molecule has 2 aromatic carbocycles. The molecule has 144 valence electrons. The van der Waals surface area contributed by atoms with Crippen molar-refractivity contribution in [1.29, 1.82) is 0 Å². The van der Waals surface area contributed by atoms with E-state index < -0.39 is 29.7 Å². The van der Waals surface area contributed by atoms with Gasteiger partial charge in [0.15, 0.2) is 6.10 Å². The molecule has 0 aromatic heterocycles. The van der Waals surface area contributed by atoms with Gasteiger partial charge in [-0.25, -0.2) is 4.79 Å². The number of benzene rings is 2. The number of phenolic OH excluding ortho intramolecular Hbond substituents is 1. The van der Waals surface area contributed by atoms with Crippen LogP contribution in [0, 0.1) is 0 Å². The number of nitrogens with one attached hydrogen (secondary N) is 1. The van der Waals surface area contributed by atoms with Gasteiger partial charge in [-0.3, -0.25) is 4.79 Å². The monoisotopic (exact) mass is 383 g/mol. The molecule has 0 bridgehead atoms. The second-order valence-corrected chi connectivity index (χ2v) is 5.49. The maximum Gasteiger partial charge on any atom is 0.416 e. The van der Waals surface area contributed by atoms with E-state index in [4.69, 9.17) is 9.47 Å².